The fourth-order valence-electron chi connectivity index (χ4n) is 3.49. The predicted octanol–water partition coefficient (Wildman–Crippen LogP) is 2.06. The molecule has 1 amide bonds. The van der Waals surface area contributed by atoms with Crippen molar-refractivity contribution in [1.82, 2.24) is 9.97 Å². The fraction of sp³-hybridized carbons (Fsp3) is 0.300. The molecule has 1 fully saturated rings. The lowest BCUT2D eigenvalue weighted by molar-refractivity contribution is -0.114. The molecule has 0 spiro atoms. The Kier molecular flexibility index (Phi) is 4.72. The van der Waals surface area contributed by atoms with Crippen LogP contribution < -0.4 is 20.0 Å². The molecule has 0 saturated carbocycles. The molecule has 2 aliphatic rings. The molecule has 0 bridgehead atoms. The van der Waals surface area contributed by atoms with Crippen molar-refractivity contribution in [3.05, 3.63) is 40.5 Å². The zero-order chi connectivity index (χ0) is 20.7. The molecule has 0 unspecified atom stereocenters. The zero-order valence-corrected chi connectivity index (χ0v) is 16.8. The van der Waals surface area contributed by atoms with Crippen molar-refractivity contribution in [2.45, 2.75) is 0 Å². The Hall–Kier alpha value is -3.24. The minimum Gasteiger partial charge on any atom is -0.473 e. The van der Waals surface area contributed by atoms with E-state index >= 15 is 0 Å². The maximum atomic E-state index is 12.7. The van der Waals surface area contributed by atoms with E-state index < -0.39 is 0 Å². The first-order chi connectivity index (χ1) is 14.7. The number of rotatable bonds is 3. The third kappa shape index (κ3) is 3.14. The van der Waals surface area contributed by atoms with Gasteiger partial charge in [0, 0.05) is 24.5 Å². The van der Waals surface area contributed by atoms with Crippen LogP contribution >= 0.6 is 11.3 Å². The first-order valence-electron chi connectivity index (χ1n) is 9.48. The summed E-state index contributed by atoms with van der Waals surface area (Å²) in [6.45, 7) is 6.72. The maximum absolute atomic E-state index is 12.7. The van der Waals surface area contributed by atoms with Crippen molar-refractivity contribution in [2.75, 3.05) is 49.3 Å². The number of morpholine rings is 1. The number of amides is 1. The molecule has 0 aliphatic carbocycles. The molecule has 5 heterocycles. The SMILES string of the molecule is C=CC(=O)N1CCOc2ncc(-c3csc4c(=O)cc(N5CCOCC5)oc34)nc21. The molecule has 0 N–H and O–H groups in total. The molecule has 5 rings (SSSR count). The highest BCUT2D eigenvalue weighted by Crippen LogP contribution is 2.36. The second kappa shape index (κ2) is 7.54. The summed E-state index contributed by atoms with van der Waals surface area (Å²) >= 11 is 1.29. The average molecular weight is 426 g/mol. The van der Waals surface area contributed by atoms with E-state index in [2.05, 4.69) is 16.5 Å². The molecule has 1 saturated heterocycles. The summed E-state index contributed by atoms with van der Waals surface area (Å²) in [5.74, 6) is 0.848. The third-order valence-corrected chi connectivity index (χ3v) is 5.98. The van der Waals surface area contributed by atoms with Crippen molar-refractivity contribution in [3.8, 4) is 17.1 Å². The highest BCUT2D eigenvalue weighted by atomic mass is 32.1. The van der Waals surface area contributed by atoms with E-state index in [1.54, 1.807) is 6.20 Å². The largest absolute Gasteiger partial charge is 0.473 e. The zero-order valence-electron chi connectivity index (χ0n) is 16.0. The van der Waals surface area contributed by atoms with Crippen LogP contribution in [0.25, 0.3) is 21.5 Å². The Morgan fingerprint density at radius 2 is 2.07 bits per heavy atom. The summed E-state index contributed by atoms with van der Waals surface area (Å²) in [5, 5.41) is 1.82. The molecule has 0 atom stereocenters. The number of thiophene rings is 1. The van der Waals surface area contributed by atoms with Crippen molar-refractivity contribution in [3.63, 3.8) is 0 Å². The lowest BCUT2D eigenvalue weighted by atomic mass is 10.2. The molecule has 30 heavy (non-hydrogen) atoms. The second-order valence-electron chi connectivity index (χ2n) is 6.78. The lowest BCUT2D eigenvalue weighted by Gasteiger charge is -2.27. The number of nitrogens with zero attached hydrogens (tertiary/aromatic N) is 4. The summed E-state index contributed by atoms with van der Waals surface area (Å²) < 4.78 is 17.6. The van der Waals surface area contributed by atoms with Crippen LogP contribution in [-0.2, 0) is 9.53 Å². The Morgan fingerprint density at radius 3 is 2.87 bits per heavy atom. The Balaban J connectivity index is 1.61. The molecular weight excluding hydrogens is 408 g/mol. The molecular formula is C20H18N4O5S. The number of carbonyl (C=O) groups is 1. The smallest absolute Gasteiger partial charge is 0.258 e. The van der Waals surface area contributed by atoms with Crippen LogP contribution in [0.2, 0.25) is 0 Å². The number of carbonyl (C=O) groups excluding carboxylic acids is 1. The summed E-state index contributed by atoms with van der Waals surface area (Å²) in [5.41, 5.74) is 1.50. The van der Waals surface area contributed by atoms with Crippen LogP contribution in [0, 0.1) is 0 Å². The van der Waals surface area contributed by atoms with E-state index in [0.717, 1.165) is 0 Å². The van der Waals surface area contributed by atoms with Crippen LogP contribution in [0.3, 0.4) is 0 Å². The van der Waals surface area contributed by atoms with Gasteiger partial charge in [-0.25, -0.2) is 9.97 Å². The van der Waals surface area contributed by atoms with Gasteiger partial charge >= 0.3 is 0 Å². The van der Waals surface area contributed by atoms with Crippen molar-refractivity contribution in [2.24, 2.45) is 0 Å². The quantitative estimate of drug-likeness (QED) is 0.587. The highest BCUT2D eigenvalue weighted by Gasteiger charge is 2.27. The highest BCUT2D eigenvalue weighted by molar-refractivity contribution is 7.17. The van der Waals surface area contributed by atoms with Crippen molar-refractivity contribution < 1.29 is 18.7 Å². The number of aromatic nitrogens is 2. The first kappa shape index (κ1) is 18.8. The predicted molar refractivity (Wildman–Crippen MR) is 112 cm³/mol. The van der Waals surface area contributed by atoms with Gasteiger partial charge in [0.25, 0.3) is 11.8 Å². The van der Waals surface area contributed by atoms with Gasteiger partial charge in [-0.3, -0.25) is 14.5 Å². The standard InChI is InChI=1S/C20H18N4O5S/c1-2-15(26)24-5-8-28-20-19(24)22-13(10-21-20)12-11-30-18-14(25)9-16(29-17(12)18)23-3-6-27-7-4-23/h2,9-11H,1,3-8H2. The van der Waals surface area contributed by atoms with E-state index in [1.807, 2.05) is 10.3 Å². The number of fused-ring (bicyclic) bond motifs is 2. The van der Waals surface area contributed by atoms with E-state index in [0.29, 0.717) is 72.7 Å². The van der Waals surface area contributed by atoms with Gasteiger partial charge in [0.15, 0.2) is 17.3 Å². The summed E-state index contributed by atoms with van der Waals surface area (Å²) in [4.78, 5) is 37.3. The summed E-state index contributed by atoms with van der Waals surface area (Å²) in [7, 11) is 0. The van der Waals surface area contributed by atoms with Crippen LogP contribution in [0.5, 0.6) is 5.88 Å². The van der Waals surface area contributed by atoms with Crippen molar-refractivity contribution >= 4 is 39.2 Å². The Bertz CT molecular complexity index is 1200. The average Bonchev–Trinajstić information content (AvgIpc) is 3.23. The molecule has 2 aliphatic heterocycles. The number of hydrogen-bond acceptors (Lipinski definition) is 9. The van der Waals surface area contributed by atoms with E-state index in [4.69, 9.17) is 13.9 Å². The number of anilines is 2. The van der Waals surface area contributed by atoms with Crippen LogP contribution in [0.1, 0.15) is 0 Å². The Labute approximate surface area is 175 Å². The number of hydrogen-bond donors (Lipinski definition) is 0. The molecule has 0 aromatic carbocycles. The van der Waals surface area contributed by atoms with E-state index in [-0.39, 0.29) is 17.2 Å². The van der Waals surface area contributed by atoms with Gasteiger partial charge in [-0.05, 0) is 6.08 Å². The van der Waals surface area contributed by atoms with Gasteiger partial charge in [0.1, 0.15) is 11.3 Å². The Morgan fingerprint density at radius 1 is 1.23 bits per heavy atom. The lowest BCUT2D eigenvalue weighted by Crippen LogP contribution is -2.37. The van der Waals surface area contributed by atoms with Crippen LogP contribution in [0.4, 0.5) is 11.7 Å². The monoisotopic (exact) mass is 426 g/mol. The normalized spacial score (nSPS) is 16.3. The summed E-state index contributed by atoms with van der Waals surface area (Å²) in [6, 6.07) is 1.52. The first-order valence-corrected chi connectivity index (χ1v) is 10.4. The molecule has 9 nitrogen and oxygen atoms in total. The molecule has 3 aromatic rings. The molecule has 0 radical (unpaired) electrons. The van der Waals surface area contributed by atoms with Gasteiger partial charge in [0.05, 0.1) is 37.2 Å². The van der Waals surface area contributed by atoms with E-state index in [1.165, 1.54) is 28.4 Å². The minimum absolute atomic E-state index is 0.105. The van der Waals surface area contributed by atoms with Gasteiger partial charge in [0.2, 0.25) is 5.43 Å². The third-order valence-electron chi connectivity index (χ3n) is 5.00. The van der Waals surface area contributed by atoms with Gasteiger partial charge in [-0.15, -0.1) is 11.3 Å². The van der Waals surface area contributed by atoms with Crippen LogP contribution in [-0.4, -0.2) is 55.3 Å². The van der Waals surface area contributed by atoms with E-state index in [9.17, 15) is 9.59 Å². The van der Waals surface area contributed by atoms with Gasteiger partial charge in [-0.2, -0.15) is 0 Å². The van der Waals surface area contributed by atoms with Gasteiger partial charge < -0.3 is 18.8 Å². The maximum Gasteiger partial charge on any atom is 0.258 e. The fourth-order valence-corrected chi connectivity index (χ4v) is 4.38. The number of ether oxygens (including phenoxy) is 2. The van der Waals surface area contributed by atoms with Gasteiger partial charge in [-0.1, -0.05) is 6.58 Å². The summed E-state index contributed by atoms with van der Waals surface area (Å²) in [6.07, 6.45) is 2.79. The van der Waals surface area contributed by atoms with Crippen molar-refractivity contribution in [1.29, 1.82) is 0 Å². The minimum atomic E-state index is -0.276. The topological polar surface area (TPSA) is 98.0 Å². The molecule has 3 aromatic heterocycles. The van der Waals surface area contributed by atoms with Crippen LogP contribution in [0.15, 0.2) is 39.5 Å². The molecule has 154 valence electrons. The molecule has 10 heteroatoms. The second-order valence-corrected chi connectivity index (χ2v) is 7.66.